The molecule has 2 N–H and O–H groups in total. The highest BCUT2D eigenvalue weighted by Gasteiger charge is 2.36. The predicted molar refractivity (Wildman–Crippen MR) is 67.0 cm³/mol. The third-order valence-corrected chi connectivity index (χ3v) is 2.73. The number of carboxylic acids is 1. The molecule has 0 aliphatic heterocycles. The Hall–Kier alpha value is -1.10. The van der Waals surface area contributed by atoms with Crippen LogP contribution in [-0.4, -0.2) is 33.9 Å². The van der Waals surface area contributed by atoms with E-state index >= 15 is 0 Å². The molecule has 0 bridgehead atoms. The lowest BCUT2D eigenvalue weighted by molar-refractivity contribution is -0.167. The van der Waals surface area contributed by atoms with Crippen LogP contribution in [-0.2, 0) is 14.3 Å². The first-order valence-corrected chi connectivity index (χ1v) is 6.27. The van der Waals surface area contributed by atoms with Crippen LogP contribution in [0.4, 0.5) is 0 Å². The Kier molecular flexibility index (Phi) is 6.32. The molecule has 0 aliphatic rings. The molecule has 0 saturated carbocycles. The Bertz CT molecular complexity index is 292. The van der Waals surface area contributed by atoms with Crippen molar-refractivity contribution in [1.82, 2.24) is 0 Å². The quantitative estimate of drug-likeness (QED) is 0.712. The van der Waals surface area contributed by atoms with Gasteiger partial charge in [0.05, 0.1) is 17.9 Å². The maximum absolute atomic E-state index is 11.9. The summed E-state index contributed by atoms with van der Waals surface area (Å²) in [5, 5.41) is 19.0. The molecule has 5 nitrogen and oxygen atoms in total. The van der Waals surface area contributed by atoms with Gasteiger partial charge in [-0.25, -0.2) is 0 Å². The monoisotopic (exact) mass is 260 g/mol. The summed E-state index contributed by atoms with van der Waals surface area (Å²) in [5.41, 5.74) is -0.644. The topological polar surface area (TPSA) is 83.8 Å². The Morgan fingerprint density at radius 1 is 1.11 bits per heavy atom. The normalized spacial score (nSPS) is 16.8. The fraction of sp³-hybridized carbons (Fsp3) is 0.846. The molecule has 0 aromatic carbocycles. The van der Waals surface area contributed by atoms with Crippen molar-refractivity contribution in [1.29, 1.82) is 0 Å². The van der Waals surface area contributed by atoms with E-state index in [0.29, 0.717) is 6.42 Å². The van der Waals surface area contributed by atoms with E-state index in [2.05, 4.69) is 0 Å². The fourth-order valence-electron chi connectivity index (χ4n) is 1.77. The summed E-state index contributed by atoms with van der Waals surface area (Å²) in [6.07, 6.45) is -0.595. The summed E-state index contributed by atoms with van der Waals surface area (Å²) in [6.45, 7) is 8.60. The number of rotatable bonds is 6. The molecule has 0 spiro atoms. The molecule has 0 aromatic heterocycles. The Balaban J connectivity index is 4.86. The van der Waals surface area contributed by atoms with Crippen molar-refractivity contribution >= 4 is 11.9 Å². The number of aliphatic carboxylic acids is 1. The van der Waals surface area contributed by atoms with Crippen LogP contribution in [0.3, 0.4) is 0 Å². The first kappa shape index (κ1) is 16.9. The minimum absolute atomic E-state index is 0.274. The molecule has 0 saturated heterocycles. The summed E-state index contributed by atoms with van der Waals surface area (Å²) in [7, 11) is 0. The number of hydrogen-bond acceptors (Lipinski definition) is 4. The van der Waals surface area contributed by atoms with Crippen LogP contribution in [0.1, 0.15) is 47.5 Å². The number of ether oxygens (including phenoxy) is 1. The molecule has 5 heteroatoms. The van der Waals surface area contributed by atoms with Gasteiger partial charge in [0.1, 0.15) is 5.60 Å². The molecule has 0 aliphatic carbocycles. The second kappa shape index (κ2) is 6.73. The molecule has 0 aromatic rings. The van der Waals surface area contributed by atoms with Gasteiger partial charge < -0.3 is 14.9 Å². The van der Waals surface area contributed by atoms with Crippen molar-refractivity contribution in [2.45, 2.75) is 59.2 Å². The van der Waals surface area contributed by atoms with Gasteiger partial charge in [0.25, 0.3) is 0 Å². The number of esters is 1. The highest BCUT2D eigenvalue weighted by molar-refractivity contribution is 5.76. The first-order valence-electron chi connectivity index (χ1n) is 6.27. The lowest BCUT2D eigenvalue weighted by Gasteiger charge is -2.28. The Morgan fingerprint density at radius 3 is 1.83 bits per heavy atom. The molecular weight excluding hydrogens is 236 g/mol. The third kappa shape index (κ3) is 5.04. The van der Waals surface area contributed by atoms with Gasteiger partial charge >= 0.3 is 11.9 Å². The zero-order chi connectivity index (χ0) is 14.5. The van der Waals surface area contributed by atoms with Gasteiger partial charge in [-0.2, -0.15) is 0 Å². The second-order valence-corrected chi connectivity index (χ2v) is 5.39. The number of carbonyl (C=O) groups excluding carboxylic acids is 1. The number of carbonyl (C=O) groups is 2. The predicted octanol–water partition coefficient (Wildman–Crippen LogP) is 1.83. The summed E-state index contributed by atoms with van der Waals surface area (Å²) >= 11 is 0. The van der Waals surface area contributed by atoms with Crippen LogP contribution >= 0.6 is 0 Å². The highest BCUT2D eigenvalue weighted by Crippen LogP contribution is 2.23. The molecule has 0 radical (unpaired) electrons. The maximum atomic E-state index is 11.9. The van der Waals surface area contributed by atoms with Crippen LogP contribution in [0.25, 0.3) is 0 Å². The molecule has 0 amide bonds. The Morgan fingerprint density at radius 2 is 1.56 bits per heavy atom. The smallest absolute Gasteiger partial charge is 0.312 e. The van der Waals surface area contributed by atoms with Crippen LogP contribution in [0, 0.1) is 11.8 Å². The van der Waals surface area contributed by atoms with Crippen molar-refractivity contribution in [2.75, 3.05) is 0 Å². The van der Waals surface area contributed by atoms with Crippen LogP contribution in [0.2, 0.25) is 0 Å². The van der Waals surface area contributed by atoms with Gasteiger partial charge in [0, 0.05) is 0 Å². The number of carboxylic acid groups (broad SMARTS) is 1. The molecule has 0 rings (SSSR count). The van der Waals surface area contributed by atoms with E-state index in [4.69, 9.17) is 9.84 Å². The van der Waals surface area contributed by atoms with Crippen molar-refractivity contribution in [2.24, 2.45) is 11.8 Å². The maximum Gasteiger partial charge on any atom is 0.312 e. The van der Waals surface area contributed by atoms with Crippen LogP contribution < -0.4 is 0 Å². The fourth-order valence-corrected chi connectivity index (χ4v) is 1.77. The zero-order valence-electron chi connectivity index (χ0n) is 11.8. The van der Waals surface area contributed by atoms with Gasteiger partial charge in [0.15, 0.2) is 0 Å². The van der Waals surface area contributed by atoms with E-state index in [9.17, 15) is 14.7 Å². The average molecular weight is 260 g/mol. The molecule has 3 unspecified atom stereocenters. The SMILES string of the molecule is CCC(C(=O)O)C(O)C(CC)C(=O)OC(C)(C)C. The van der Waals surface area contributed by atoms with Gasteiger partial charge in [-0.15, -0.1) is 0 Å². The minimum atomic E-state index is -1.22. The van der Waals surface area contributed by atoms with Crippen molar-refractivity contribution in [3.63, 3.8) is 0 Å². The van der Waals surface area contributed by atoms with Crippen molar-refractivity contribution in [3.8, 4) is 0 Å². The third-order valence-electron chi connectivity index (χ3n) is 2.73. The number of aliphatic hydroxyl groups excluding tert-OH is 1. The van der Waals surface area contributed by atoms with E-state index in [0.717, 1.165) is 0 Å². The first-order chi connectivity index (χ1) is 8.14. The molecular formula is C13H24O5. The van der Waals surface area contributed by atoms with Crippen LogP contribution in [0.5, 0.6) is 0 Å². The summed E-state index contributed by atoms with van der Waals surface area (Å²) < 4.78 is 5.19. The molecule has 3 atom stereocenters. The van der Waals surface area contributed by atoms with Crippen molar-refractivity contribution < 1.29 is 24.5 Å². The van der Waals surface area contributed by atoms with E-state index in [-0.39, 0.29) is 6.42 Å². The summed E-state index contributed by atoms with van der Waals surface area (Å²) in [6, 6.07) is 0. The lowest BCUT2D eigenvalue weighted by Crippen LogP contribution is -2.40. The highest BCUT2D eigenvalue weighted by atomic mass is 16.6. The van der Waals surface area contributed by atoms with E-state index in [1.54, 1.807) is 34.6 Å². The largest absolute Gasteiger partial charge is 0.481 e. The van der Waals surface area contributed by atoms with Crippen LogP contribution in [0.15, 0.2) is 0 Å². The van der Waals surface area contributed by atoms with E-state index in [1.807, 2.05) is 0 Å². The number of hydrogen-bond donors (Lipinski definition) is 2. The molecule has 18 heavy (non-hydrogen) atoms. The molecule has 0 fully saturated rings. The second-order valence-electron chi connectivity index (χ2n) is 5.39. The van der Waals surface area contributed by atoms with E-state index in [1.165, 1.54) is 0 Å². The molecule has 106 valence electrons. The molecule has 0 heterocycles. The minimum Gasteiger partial charge on any atom is -0.481 e. The Labute approximate surface area is 108 Å². The summed E-state index contributed by atoms with van der Waals surface area (Å²) in [5.74, 6) is -3.38. The van der Waals surface area contributed by atoms with Crippen molar-refractivity contribution in [3.05, 3.63) is 0 Å². The average Bonchev–Trinajstić information content (AvgIpc) is 2.15. The zero-order valence-corrected chi connectivity index (χ0v) is 11.8. The van der Waals surface area contributed by atoms with Gasteiger partial charge in [-0.1, -0.05) is 13.8 Å². The standard InChI is InChI=1S/C13H24O5/c1-6-8(11(15)16)10(14)9(7-2)12(17)18-13(3,4)5/h8-10,14H,6-7H2,1-5H3,(H,15,16). The van der Waals surface area contributed by atoms with E-state index < -0.39 is 35.5 Å². The summed E-state index contributed by atoms with van der Waals surface area (Å²) in [4.78, 5) is 22.9. The van der Waals surface area contributed by atoms with Gasteiger partial charge in [-0.05, 0) is 33.6 Å². The van der Waals surface area contributed by atoms with Gasteiger partial charge in [0.2, 0.25) is 0 Å². The number of aliphatic hydroxyl groups is 1. The lowest BCUT2D eigenvalue weighted by atomic mass is 9.87. The van der Waals surface area contributed by atoms with Gasteiger partial charge in [-0.3, -0.25) is 9.59 Å².